The minimum absolute atomic E-state index is 0.0185. The number of methoxy groups -OCH3 is 1. The Balaban J connectivity index is 1.65. The zero-order valence-corrected chi connectivity index (χ0v) is 50.9. The third-order valence-electron chi connectivity index (χ3n) is 15.7. The number of para-hydroxylation sites is 1. The SMILES string of the molecule is CCCCCCCCCCCCCCCCCCCCOc1cccc(C(=O)n2c(=O)c(C)cn([C@@H]3O[C@H](CC)[C@H](OC(=O)CCC(C)=O)C3OCCOC)c2=O)c1OCCCCCCCCCCCCCCCCCCCC. The van der Waals surface area contributed by atoms with Crippen molar-refractivity contribution in [2.75, 3.05) is 33.5 Å². The average Bonchev–Trinajstić information content (AvgIpc) is 3.85. The van der Waals surface area contributed by atoms with Gasteiger partial charge in [-0.3, -0.25) is 19.0 Å². The number of esters is 1. The molecule has 0 aliphatic carbocycles. The molecule has 2 aromatic rings. The van der Waals surface area contributed by atoms with E-state index in [1.54, 1.807) is 18.2 Å². The number of aromatic nitrogens is 2. The highest BCUT2D eigenvalue weighted by Gasteiger charge is 2.49. The summed E-state index contributed by atoms with van der Waals surface area (Å²) in [6.45, 7) is 10.4. The smallest absolute Gasteiger partial charge is 0.340 e. The molecule has 1 saturated heterocycles. The van der Waals surface area contributed by atoms with Gasteiger partial charge >= 0.3 is 11.7 Å². The highest BCUT2D eigenvalue weighted by Crippen LogP contribution is 2.36. The van der Waals surface area contributed by atoms with E-state index >= 15 is 0 Å². The number of carbonyl (C=O) groups excluding carboxylic acids is 3. The van der Waals surface area contributed by atoms with Crippen molar-refractivity contribution in [3.05, 3.63) is 56.4 Å². The van der Waals surface area contributed by atoms with E-state index in [-0.39, 0.29) is 48.7 Å². The molecule has 1 aliphatic rings. The van der Waals surface area contributed by atoms with Crippen LogP contribution in [0.5, 0.6) is 11.5 Å². The lowest BCUT2D eigenvalue weighted by atomic mass is 10.0. The largest absolute Gasteiger partial charge is 0.490 e. The molecule has 3 rings (SSSR count). The molecular weight excluding hydrogens is 997 g/mol. The average molecular weight is 1110 g/mol. The van der Waals surface area contributed by atoms with Gasteiger partial charge in [-0.1, -0.05) is 245 Å². The quantitative estimate of drug-likeness (QED) is 0.0460. The minimum atomic E-state index is -1.18. The van der Waals surface area contributed by atoms with Gasteiger partial charge < -0.3 is 33.2 Å². The number of ketones is 1. The number of carbonyl (C=O) groups is 3. The molecule has 13 nitrogen and oxygen atoms in total. The van der Waals surface area contributed by atoms with Gasteiger partial charge in [0.15, 0.2) is 23.8 Å². The summed E-state index contributed by atoms with van der Waals surface area (Å²) in [7, 11) is 1.53. The first-order chi connectivity index (χ1) is 38.6. The number of Topliss-reactive ketones (excluding diaryl/α,β-unsaturated/α-hetero) is 1. The van der Waals surface area contributed by atoms with Gasteiger partial charge in [-0.25, -0.2) is 4.79 Å². The Kier molecular flexibility index (Phi) is 39.4. The van der Waals surface area contributed by atoms with Crippen molar-refractivity contribution in [1.29, 1.82) is 0 Å². The van der Waals surface area contributed by atoms with Crippen LogP contribution in [0.2, 0.25) is 0 Å². The van der Waals surface area contributed by atoms with Crippen molar-refractivity contribution >= 4 is 17.7 Å². The number of rotatable bonds is 51. The molecule has 452 valence electrons. The van der Waals surface area contributed by atoms with Crippen LogP contribution in [0, 0.1) is 6.92 Å². The molecule has 1 aliphatic heterocycles. The monoisotopic (exact) mass is 1110 g/mol. The summed E-state index contributed by atoms with van der Waals surface area (Å²) in [5.74, 6) is -1.00. The Morgan fingerprint density at radius 1 is 0.544 bits per heavy atom. The van der Waals surface area contributed by atoms with Crippen LogP contribution in [0.1, 0.15) is 300 Å². The van der Waals surface area contributed by atoms with E-state index in [9.17, 15) is 24.0 Å². The molecule has 0 amide bonds. The molecule has 4 atom stereocenters. The van der Waals surface area contributed by atoms with Gasteiger partial charge in [0.2, 0.25) is 0 Å². The van der Waals surface area contributed by atoms with Crippen LogP contribution in [0.4, 0.5) is 0 Å². The maximum atomic E-state index is 14.8. The second kappa shape index (κ2) is 44.8. The number of aryl methyl sites for hydroxylation is 1. The zero-order chi connectivity index (χ0) is 57.1. The first kappa shape index (κ1) is 69.5. The predicted octanol–water partition coefficient (Wildman–Crippen LogP) is 16.5. The van der Waals surface area contributed by atoms with Crippen LogP contribution in [0.3, 0.4) is 0 Å². The van der Waals surface area contributed by atoms with Gasteiger partial charge in [0.25, 0.3) is 11.5 Å². The van der Waals surface area contributed by atoms with Gasteiger partial charge in [0, 0.05) is 25.3 Å². The number of ether oxygens (including phenoxy) is 6. The highest BCUT2D eigenvalue weighted by molar-refractivity contribution is 5.99. The Bertz CT molecular complexity index is 2030. The first-order valence-corrected chi connectivity index (χ1v) is 32.3. The molecule has 2 heterocycles. The number of hydrogen-bond donors (Lipinski definition) is 0. The van der Waals surface area contributed by atoms with Crippen molar-refractivity contribution in [3.63, 3.8) is 0 Å². The van der Waals surface area contributed by atoms with Crippen molar-refractivity contribution < 1.29 is 42.8 Å². The van der Waals surface area contributed by atoms with Crippen molar-refractivity contribution in [2.45, 2.75) is 310 Å². The molecule has 0 N–H and O–H groups in total. The van der Waals surface area contributed by atoms with Crippen LogP contribution < -0.4 is 20.7 Å². The Labute approximate surface area is 478 Å². The van der Waals surface area contributed by atoms with Crippen LogP contribution >= 0.6 is 0 Å². The molecular formula is C66H112N2O11. The molecule has 0 saturated carbocycles. The molecule has 0 spiro atoms. The first-order valence-electron chi connectivity index (χ1n) is 32.3. The van der Waals surface area contributed by atoms with E-state index in [0.717, 1.165) is 38.5 Å². The van der Waals surface area contributed by atoms with Crippen LogP contribution in [0.25, 0.3) is 0 Å². The van der Waals surface area contributed by atoms with E-state index in [2.05, 4.69) is 13.8 Å². The summed E-state index contributed by atoms with van der Waals surface area (Å²) in [6, 6.07) is 5.05. The van der Waals surface area contributed by atoms with Gasteiger partial charge in [-0.05, 0) is 45.2 Å². The summed E-state index contributed by atoms with van der Waals surface area (Å²) >= 11 is 0. The fourth-order valence-electron chi connectivity index (χ4n) is 10.8. The van der Waals surface area contributed by atoms with Crippen molar-refractivity contribution in [2.24, 2.45) is 0 Å². The predicted molar refractivity (Wildman–Crippen MR) is 320 cm³/mol. The van der Waals surface area contributed by atoms with Crippen LogP contribution in [-0.4, -0.2) is 78.6 Å². The molecule has 0 bridgehead atoms. The van der Waals surface area contributed by atoms with Crippen molar-refractivity contribution in [3.8, 4) is 11.5 Å². The lowest BCUT2D eigenvalue weighted by molar-refractivity contribution is -0.159. The minimum Gasteiger partial charge on any atom is -0.490 e. The molecule has 0 radical (unpaired) electrons. The number of nitrogens with zero attached hydrogens (tertiary/aromatic N) is 2. The summed E-state index contributed by atoms with van der Waals surface area (Å²) in [5, 5.41) is 0. The molecule has 13 heteroatoms. The molecule has 1 aromatic heterocycles. The number of unbranched alkanes of at least 4 members (excludes halogenated alkanes) is 34. The summed E-state index contributed by atoms with van der Waals surface area (Å²) in [4.78, 5) is 68.1. The van der Waals surface area contributed by atoms with Crippen LogP contribution in [-0.2, 0) is 28.5 Å². The normalized spacial score (nSPS) is 16.2. The third kappa shape index (κ3) is 28.6. The molecule has 1 fully saturated rings. The Morgan fingerprint density at radius 3 is 1.42 bits per heavy atom. The lowest BCUT2D eigenvalue weighted by Gasteiger charge is -2.25. The maximum absolute atomic E-state index is 14.8. The van der Waals surface area contributed by atoms with E-state index < -0.39 is 47.7 Å². The summed E-state index contributed by atoms with van der Waals surface area (Å²) in [6.07, 6.45) is 43.9. The van der Waals surface area contributed by atoms with Gasteiger partial charge in [-0.15, -0.1) is 0 Å². The Hall–Kier alpha value is -3.81. The van der Waals surface area contributed by atoms with E-state index in [1.165, 1.54) is 224 Å². The Morgan fingerprint density at radius 2 is 0.987 bits per heavy atom. The number of hydrogen-bond acceptors (Lipinski definition) is 11. The standard InChI is InChI=1S/C66H112N2O11/c1-7-10-12-14-16-18-20-22-24-26-28-30-32-34-36-38-40-42-49-75-58-46-44-45-56(60(58)76-50-43-41-39-37-35-33-31-29-27-25-23-21-19-17-15-13-11-8-2)64(72)68-63(71)54(4)53-67(66(68)73)65-62(77-52-51-74-6)61(57(9-3)78-65)79-59(70)48-47-55(5)69/h44-46,53,57,61-62,65H,7-43,47-52H2,1-6H3/t57-,61+,62?,65-/m1/s1. The van der Waals surface area contributed by atoms with E-state index in [1.807, 2.05) is 6.92 Å². The fourth-order valence-corrected chi connectivity index (χ4v) is 10.8. The third-order valence-corrected chi connectivity index (χ3v) is 15.7. The van der Waals surface area contributed by atoms with E-state index in [4.69, 9.17) is 28.4 Å². The maximum Gasteiger partial charge on any atom is 0.340 e. The van der Waals surface area contributed by atoms with Gasteiger partial charge in [-0.2, -0.15) is 4.57 Å². The molecule has 1 aromatic carbocycles. The van der Waals surface area contributed by atoms with Gasteiger partial charge in [0.1, 0.15) is 11.9 Å². The summed E-state index contributed by atoms with van der Waals surface area (Å²) < 4.78 is 38.4. The summed E-state index contributed by atoms with van der Waals surface area (Å²) in [5.41, 5.74) is -1.56. The van der Waals surface area contributed by atoms with Crippen molar-refractivity contribution in [1.82, 2.24) is 9.13 Å². The second-order valence-corrected chi connectivity index (χ2v) is 22.8. The van der Waals surface area contributed by atoms with E-state index in [0.29, 0.717) is 30.0 Å². The second-order valence-electron chi connectivity index (χ2n) is 22.8. The van der Waals surface area contributed by atoms with Crippen LogP contribution in [0.15, 0.2) is 34.0 Å². The fraction of sp³-hybridized carbons (Fsp3) is 0.803. The molecule has 1 unspecified atom stereocenters. The highest BCUT2D eigenvalue weighted by atomic mass is 16.6. The van der Waals surface area contributed by atoms with Gasteiger partial charge in [0.05, 0.1) is 44.5 Å². The topological polar surface area (TPSA) is 151 Å². The molecule has 79 heavy (non-hydrogen) atoms. The lowest BCUT2D eigenvalue weighted by Crippen LogP contribution is -2.48. The zero-order valence-electron chi connectivity index (χ0n) is 50.9. The number of benzene rings is 1.